The second-order valence-electron chi connectivity index (χ2n) is 9.62. The van der Waals surface area contributed by atoms with Crippen molar-refractivity contribution in [1.29, 1.82) is 0 Å². The van der Waals surface area contributed by atoms with Crippen LogP contribution in [0.2, 0.25) is 0 Å². The minimum absolute atomic E-state index is 0. The van der Waals surface area contributed by atoms with E-state index in [9.17, 15) is 32.1 Å². The Morgan fingerprint density at radius 2 is 1.82 bits per heavy atom. The molecule has 39 heavy (non-hydrogen) atoms. The molecule has 1 heterocycles. The molecule has 0 aromatic heterocycles. The van der Waals surface area contributed by atoms with E-state index in [0.717, 1.165) is 5.56 Å². The molecule has 1 aromatic carbocycles. The molecule has 1 aliphatic rings. The molecule has 2 rings (SSSR count). The van der Waals surface area contributed by atoms with E-state index in [1.807, 2.05) is 19.9 Å². The minimum atomic E-state index is -5.24. The second kappa shape index (κ2) is 16.8. The molecule has 1 aliphatic heterocycles. The Morgan fingerprint density at radius 1 is 1.15 bits per heavy atom. The van der Waals surface area contributed by atoms with E-state index in [4.69, 9.17) is 9.47 Å². The van der Waals surface area contributed by atoms with E-state index in [2.05, 4.69) is 16.0 Å². The molecule has 3 N–H and O–H groups in total. The first-order chi connectivity index (χ1) is 17.9. The Labute approximate surface area is 251 Å². The van der Waals surface area contributed by atoms with E-state index >= 15 is 0 Å². The summed E-state index contributed by atoms with van der Waals surface area (Å²) in [6.45, 7) is 5.61. The zero-order valence-electron chi connectivity index (χ0n) is 22.8. The van der Waals surface area contributed by atoms with Gasteiger partial charge in [0.2, 0.25) is 17.3 Å². The van der Waals surface area contributed by atoms with Crippen molar-refractivity contribution in [3.8, 4) is 0 Å². The van der Waals surface area contributed by atoms with Crippen molar-refractivity contribution < 1.29 is 71.2 Å². The average Bonchev–Trinajstić information content (AvgIpc) is 3.24. The van der Waals surface area contributed by atoms with E-state index < -0.39 is 51.5 Å². The zero-order valence-corrected chi connectivity index (χ0v) is 25.6. The van der Waals surface area contributed by atoms with Gasteiger partial charge in [0.15, 0.2) is 0 Å². The molecule has 1 fully saturated rings. The van der Waals surface area contributed by atoms with Gasteiger partial charge < -0.3 is 30.0 Å². The number of alkyl carbamates (subject to hydrolysis) is 1. The number of hydrogen-bond donors (Lipinski definition) is 3. The van der Waals surface area contributed by atoms with Crippen molar-refractivity contribution in [1.82, 2.24) is 16.0 Å². The number of nitrogens with one attached hydrogen (secondary N) is 3. The molecule has 0 bridgehead atoms. The molecule has 14 heteroatoms. The first-order valence-corrected chi connectivity index (χ1v) is 14.1. The smallest absolute Gasteiger partial charge is 0.745 e. The molecule has 1 aromatic rings. The molecular weight excluding hydrogens is 541 g/mol. The Morgan fingerprint density at radius 3 is 2.36 bits per heavy atom. The summed E-state index contributed by atoms with van der Waals surface area (Å²) >= 11 is 0. The van der Waals surface area contributed by atoms with Gasteiger partial charge in [-0.05, 0) is 37.2 Å². The van der Waals surface area contributed by atoms with Gasteiger partial charge in [-0.25, -0.2) is 13.2 Å². The summed E-state index contributed by atoms with van der Waals surface area (Å²) in [6.07, 6.45) is -0.411. The maximum Gasteiger partial charge on any atom is 1.00 e. The molecule has 1 saturated heterocycles. The van der Waals surface area contributed by atoms with Crippen LogP contribution < -0.4 is 45.5 Å². The molecule has 0 spiro atoms. The quantitative estimate of drug-likeness (QED) is 0.136. The maximum absolute atomic E-state index is 13.3. The van der Waals surface area contributed by atoms with Crippen molar-refractivity contribution in [3.05, 3.63) is 35.9 Å². The number of amides is 3. The predicted octanol–water partition coefficient (Wildman–Crippen LogP) is -1.44. The van der Waals surface area contributed by atoms with Crippen LogP contribution in [0.3, 0.4) is 0 Å². The van der Waals surface area contributed by atoms with Crippen LogP contribution in [0, 0.1) is 11.8 Å². The van der Waals surface area contributed by atoms with Crippen LogP contribution >= 0.6 is 0 Å². The van der Waals surface area contributed by atoms with Crippen molar-refractivity contribution in [2.45, 2.75) is 77.0 Å². The molecule has 1 unspecified atom stereocenters. The molecule has 0 radical (unpaired) electrons. The molecule has 212 valence electrons. The van der Waals surface area contributed by atoms with Crippen LogP contribution in [0.15, 0.2) is 30.3 Å². The summed E-state index contributed by atoms with van der Waals surface area (Å²) in [5.74, 6) is -2.87. The van der Waals surface area contributed by atoms with Gasteiger partial charge in [0, 0.05) is 18.9 Å². The van der Waals surface area contributed by atoms with Gasteiger partial charge in [0.25, 0.3) is 0 Å². The predicted molar refractivity (Wildman–Crippen MR) is 135 cm³/mol. The van der Waals surface area contributed by atoms with Gasteiger partial charge in [-0.2, -0.15) is 0 Å². The van der Waals surface area contributed by atoms with Crippen LogP contribution in [0.4, 0.5) is 4.79 Å². The Bertz CT molecular complexity index is 1070. The van der Waals surface area contributed by atoms with Gasteiger partial charge in [0.1, 0.15) is 22.8 Å². The topological polar surface area (TPSA) is 180 Å². The number of carbonyl (C=O) groups is 4. The van der Waals surface area contributed by atoms with E-state index in [1.165, 1.54) is 0 Å². The summed E-state index contributed by atoms with van der Waals surface area (Å²) in [6, 6.07) is 6.23. The van der Waals surface area contributed by atoms with Crippen molar-refractivity contribution in [2.75, 3.05) is 6.54 Å². The van der Waals surface area contributed by atoms with Crippen molar-refractivity contribution in [3.63, 3.8) is 0 Å². The van der Waals surface area contributed by atoms with E-state index in [1.54, 1.807) is 31.2 Å². The van der Waals surface area contributed by atoms with Crippen LogP contribution in [-0.4, -0.2) is 60.9 Å². The summed E-state index contributed by atoms with van der Waals surface area (Å²) in [5.41, 5.74) is -1.51. The van der Waals surface area contributed by atoms with E-state index in [-0.39, 0.29) is 67.3 Å². The SMILES string of the molecule is CCCC(=O)OC([C@H](C[C@@H]1CCNC1=O)NC(=O)[C@H](CC(C)C)NC(=O)OCc1ccccc1)S(=O)(=O)[O-].[Na+]. The monoisotopic (exact) mass is 577 g/mol. The zero-order chi connectivity index (χ0) is 28.3. The largest absolute Gasteiger partial charge is 1.00 e. The maximum atomic E-state index is 13.3. The third-order valence-electron chi connectivity index (χ3n) is 5.87. The van der Waals surface area contributed by atoms with Gasteiger partial charge in [0.05, 0.1) is 6.04 Å². The number of ether oxygens (including phenoxy) is 2. The molecular formula is C25H36N3NaO9S. The van der Waals surface area contributed by atoms with Crippen LogP contribution in [-0.2, 0) is 40.6 Å². The standard InChI is InChI=1S/C25H37N3O9S.Na/c1-4-8-21(29)37-24(38(33,34)35)20(14-18-11-12-26-22(18)30)27-23(31)19(13-16(2)3)28-25(32)36-15-17-9-6-5-7-10-17;/h5-7,9-10,16,18-20,24H,4,8,11-15H2,1-3H3,(H,26,30)(H,27,31)(H,28,32)(H,33,34,35);/q;+1/p-1/t18-,19-,20-,24?;/m0./s1. The van der Waals surface area contributed by atoms with Crippen LogP contribution in [0.25, 0.3) is 0 Å². The summed E-state index contributed by atoms with van der Waals surface area (Å²) < 4.78 is 46.6. The fourth-order valence-corrected chi connectivity index (χ4v) is 4.85. The fraction of sp³-hybridized carbons (Fsp3) is 0.600. The van der Waals surface area contributed by atoms with Gasteiger partial charge >= 0.3 is 41.6 Å². The third-order valence-corrected chi connectivity index (χ3v) is 6.87. The first-order valence-electron chi connectivity index (χ1n) is 12.6. The van der Waals surface area contributed by atoms with Gasteiger partial charge in [-0.1, -0.05) is 51.1 Å². The molecule has 4 atom stereocenters. The molecule has 0 aliphatic carbocycles. The first kappa shape index (κ1) is 34.8. The molecule has 3 amide bonds. The second-order valence-corrected chi connectivity index (χ2v) is 11.1. The number of esters is 1. The number of benzene rings is 1. The van der Waals surface area contributed by atoms with Crippen LogP contribution in [0.5, 0.6) is 0 Å². The van der Waals surface area contributed by atoms with E-state index in [0.29, 0.717) is 19.4 Å². The normalized spacial score (nSPS) is 17.3. The number of hydrogen-bond acceptors (Lipinski definition) is 9. The summed E-state index contributed by atoms with van der Waals surface area (Å²) in [5, 5.41) is 7.54. The van der Waals surface area contributed by atoms with Crippen LogP contribution in [0.1, 0.15) is 58.4 Å². The van der Waals surface area contributed by atoms with Gasteiger partial charge in [-0.3, -0.25) is 14.4 Å². The van der Waals surface area contributed by atoms with Crippen molar-refractivity contribution in [2.24, 2.45) is 11.8 Å². The minimum Gasteiger partial charge on any atom is -0.745 e. The number of rotatable bonds is 14. The third kappa shape index (κ3) is 12.2. The van der Waals surface area contributed by atoms with Crippen molar-refractivity contribution >= 4 is 34.0 Å². The summed E-state index contributed by atoms with van der Waals surface area (Å²) in [4.78, 5) is 50.0. The number of carbonyl (C=O) groups excluding carboxylic acids is 4. The Hall–Kier alpha value is -2.19. The average molecular weight is 578 g/mol. The Balaban J connectivity index is 0.00000760. The fourth-order valence-electron chi connectivity index (χ4n) is 4.04. The summed E-state index contributed by atoms with van der Waals surface area (Å²) in [7, 11) is -5.24. The molecule has 0 saturated carbocycles. The van der Waals surface area contributed by atoms with Gasteiger partial charge in [-0.15, -0.1) is 0 Å². The molecule has 12 nitrogen and oxygen atoms in total. The Kier molecular flexibility index (Phi) is 15.0.